The quantitative estimate of drug-likeness (QED) is 0.927. The number of rotatable bonds is 3. The highest BCUT2D eigenvalue weighted by Crippen LogP contribution is 2.41. The molecule has 0 saturated heterocycles. The first-order chi connectivity index (χ1) is 9.77. The fraction of sp³-hybridized carbons (Fsp3) is 0.471. The van der Waals surface area contributed by atoms with Crippen LogP contribution >= 0.6 is 0 Å². The molecule has 3 nitrogen and oxygen atoms in total. The lowest BCUT2D eigenvalue weighted by molar-refractivity contribution is -0.0592. The molecule has 3 rings (SSSR count). The van der Waals surface area contributed by atoms with Crippen molar-refractivity contribution in [2.45, 2.75) is 43.7 Å². The maximum atomic E-state index is 6.63. The van der Waals surface area contributed by atoms with E-state index in [0.29, 0.717) is 0 Å². The van der Waals surface area contributed by atoms with E-state index in [1.165, 1.54) is 24.6 Å². The summed E-state index contributed by atoms with van der Waals surface area (Å²) in [4.78, 5) is 4.25. The van der Waals surface area contributed by atoms with E-state index in [-0.39, 0.29) is 11.6 Å². The molecule has 0 bridgehead atoms. The molecule has 0 aliphatic heterocycles. The van der Waals surface area contributed by atoms with Gasteiger partial charge in [0.25, 0.3) is 0 Å². The molecule has 3 heteroatoms. The third kappa shape index (κ3) is 2.21. The van der Waals surface area contributed by atoms with Crippen LogP contribution in [0.4, 0.5) is 0 Å². The van der Waals surface area contributed by atoms with E-state index in [2.05, 4.69) is 23.2 Å². The van der Waals surface area contributed by atoms with Crippen molar-refractivity contribution in [3.63, 3.8) is 0 Å². The highest BCUT2D eigenvalue weighted by Gasteiger charge is 2.39. The van der Waals surface area contributed by atoms with E-state index in [1.54, 1.807) is 7.11 Å². The van der Waals surface area contributed by atoms with Crippen molar-refractivity contribution < 1.29 is 4.74 Å². The van der Waals surface area contributed by atoms with Crippen LogP contribution in [0.1, 0.15) is 43.7 Å². The molecule has 1 unspecified atom stereocenters. The first-order valence-corrected chi connectivity index (χ1v) is 7.40. The van der Waals surface area contributed by atoms with Gasteiger partial charge in [0, 0.05) is 24.9 Å². The number of nitrogens with zero attached hydrogens (tertiary/aromatic N) is 1. The summed E-state index contributed by atoms with van der Waals surface area (Å²) in [5, 5.41) is 2.33. The Morgan fingerprint density at radius 3 is 2.75 bits per heavy atom. The Morgan fingerprint density at radius 1 is 1.20 bits per heavy atom. The Hall–Kier alpha value is -1.45. The molecule has 1 heterocycles. The predicted molar refractivity (Wildman–Crippen MR) is 81.5 cm³/mol. The first kappa shape index (κ1) is 13.5. The van der Waals surface area contributed by atoms with E-state index in [4.69, 9.17) is 10.5 Å². The summed E-state index contributed by atoms with van der Waals surface area (Å²) in [5.41, 5.74) is 7.56. The minimum absolute atomic E-state index is 0.0966. The van der Waals surface area contributed by atoms with Crippen molar-refractivity contribution >= 4 is 10.8 Å². The van der Waals surface area contributed by atoms with Gasteiger partial charge < -0.3 is 10.5 Å². The van der Waals surface area contributed by atoms with Crippen molar-refractivity contribution in [1.29, 1.82) is 0 Å². The van der Waals surface area contributed by atoms with Gasteiger partial charge in [-0.15, -0.1) is 0 Å². The SMILES string of the molecule is COC1(C(N)c2cccc3ccncc23)CCCCC1. The summed E-state index contributed by atoms with van der Waals surface area (Å²) < 4.78 is 5.90. The standard InChI is InChI=1S/C17H22N2O/c1-20-17(9-3-2-4-10-17)16(18)14-7-5-6-13-8-11-19-12-15(13)14/h5-8,11-12,16H,2-4,9-10,18H2,1H3. The monoisotopic (exact) mass is 270 g/mol. The van der Waals surface area contributed by atoms with Gasteiger partial charge in [0.2, 0.25) is 0 Å². The van der Waals surface area contributed by atoms with E-state index < -0.39 is 0 Å². The Bertz CT molecular complexity index is 585. The molecule has 1 aliphatic carbocycles. The normalized spacial score (nSPS) is 19.9. The highest BCUT2D eigenvalue weighted by atomic mass is 16.5. The average molecular weight is 270 g/mol. The second-order valence-corrected chi connectivity index (χ2v) is 5.75. The van der Waals surface area contributed by atoms with Crippen LogP contribution in [0.2, 0.25) is 0 Å². The highest BCUT2D eigenvalue weighted by molar-refractivity contribution is 5.85. The molecule has 106 valence electrons. The van der Waals surface area contributed by atoms with Gasteiger partial charge in [-0.05, 0) is 29.9 Å². The fourth-order valence-corrected chi connectivity index (χ4v) is 3.48. The van der Waals surface area contributed by atoms with Crippen LogP contribution in [0.15, 0.2) is 36.7 Å². The molecule has 1 fully saturated rings. The van der Waals surface area contributed by atoms with E-state index in [1.807, 2.05) is 18.5 Å². The van der Waals surface area contributed by atoms with Crippen molar-refractivity contribution in [3.8, 4) is 0 Å². The van der Waals surface area contributed by atoms with Crippen molar-refractivity contribution in [1.82, 2.24) is 4.98 Å². The molecule has 2 N–H and O–H groups in total. The van der Waals surface area contributed by atoms with Crippen LogP contribution in [0.5, 0.6) is 0 Å². The van der Waals surface area contributed by atoms with Gasteiger partial charge in [0.15, 0.2) is 0 Å². The van der Waals surface area contributed by atoms with Gasteiger partial charge in [0.1, 0.15) is 0 Å². The Morgan fingerprint density at radius 2 is 2.00 bits per heavy atom. The lowest BCUT2D eigenvalue weighted by atomic mass is 9.76. The second kappa shape index (κ2) is 5.51. The molecule has 1 atom stereocenters. The number of aromatic nitrogens is 1. The minimum Gasteiger partial charge on any atom is -0.376 e. The number of nitrogens with two attached hydrogens (primary N) is 1. The average Bonchev–Trinajstić information content (AvgIpc) is 2.54. The van der Waals surface area contributed by atoms with E-state index >= 15 is 0 Å². The Balaban J connectivity index is 2.05. The molecule has 1 aliphatic rings. The van der Waals surface area contributed by atoms with Gasteiger partial charge in [-0.3, -0.25) is 4.98 Å². The van der Waals surface area contributed by atoms with Crippen LogP contribution in [-0.2, 0) is 4.74 Å². The molecule has 1 aromatic heterocycles. The molecule has 1 aromatic carbocycles. The lowest BCUT2D eigenvalue weighted by Gasteiger charge is -2.41. The smallest absolute Gasteiger partial charge is 0.0870 e. The maximum Gasteiger partial charge on any atom is 0.0870 e. The number of pyridine rings is 1. The van der Waals surface area contributed by atoms with Crippen molar-refractivity contribution in [2.24, 2.45) is 5.73 Å². The lowest BCUT2D eigenvalue weighted by Crippen LogP contribution is -2.44. The van der Waals surface area contributed by atoms with Crippen LogP contribution in [-0.4, -0.2) is 17.7 Å². The number of fused-ring (bicyclic) bond motifs is 1. The zero-order chi connectivity index (χ0) is 14.0. The number of hydrogen-bond donors (Lipinski definition) is 1. The molecule has 2 aromatic rings. The van der Waals surface area contributed by atoms with Gasteiger partial charge in [-0.1, -0.05) is 37.5 Å². The molecular weight excluding hydrogens is 248 g/mol. The number of ether oxygens (including phenoxy) is 1. The molecule has 0 amide bonds. The Labute approximate surface area is 120 Å². The van der Waals surface area contributed by atoms with Crippen LogP contribution in [0, 0.1) is 0 Å². The molecule has 0 radical (unpaired) electrons. The van der Waals surface area contributed by atoms with Crippen LogP contribution < -0.4 is 5.73 Å². The van der Waals surface area contributed by atoms with Gasteiger partial charge in [0.05, 0.1) is 11.6 Å². The number of hydrogen-bond acceptors (Lipinski definition) is 3. The van der Waals surface area contributed by atoms with Crippen molar-refractivity contribution in [2.75, 3.05) is 7.11 Å². The van der Waals surface area contributed by atoms with Crippen molar-refractivity contribution in [3.05, 3.63) is 42.2 Å². The second-order valence-electron chi connectivity index (χ2n) is 5.75. The van der Waals surface area contributed by atoms with E-state index in [9.17, 15) is 0 Å². The fourth-order valence-electron chi connectivity index (χ4n) is 3.48. The van der Waals surface area contributed by atoms with Gasteiger partial charge in [-0.2, -0.15) is 0 Å². The molecule has 20 heavy (non-hydrogen) atoms. The zero-order valence-electron chi connectivity index (χ0n) is 12.0. The maximum absolute atomic E-state index is 6.63. The summed E-state index contributed by atoms with van der Waals surface area (Å²) in [5.74, 6) is 0. The number of benzene rings is 1. The molecule has 0 spiro atoms. The summed E-state index contributed by atoms with van der Waals surface area (Å²) >= 11 is 0. The van der Waals surface area contributed by atoms with E-state index in [0.717, 1.165) is 23.8 Å². The Kier molecular flexibility index (Phi) is 3.72. The molecular formula is C17H22N2O. The van der Waals surface area contributed by atoms with Gasteiger partial charge in [-0.25, -0.2) is 0 Å². The zero-order valence-corrected chi connectivity index (χ0v) is 12.0. The summed E-state index contributed by atoms with van der Waals surface area (Å²) in [7, 11) is 1.80. The summed E-state index contributed by atoms with van der Waals surface area (Å²) in [6, 6.07) is 8.23. The first-order valence-electron chi connectivity index (χ1n) is 7.40. The summed E-state index contributed by atoms with van der Waals surface area (Å²) in [6.07, 6.45) is 9.51. The third-order valence-electron chi connectivity index (χ3n) is 4.73. The third-order valence-corrected chi connectivity index (χ3v) is 4.73. The minimum atomic E-state index is -0.220. The topological polar surface area (TPSA) is 48.1 Å². The largest absolute Gasteiger partial charge is 0.376 e. The molecule has 1 saturated carbocycles. The number of methoxy groups -OCH3 is 1. The van der Waals surface area contributed by atoms with Crippen LogP contribution in [0.3, 0.4) is 0 Å². The van der Waals surface area contributed by atoms with Crippen LogP contribution in [0.25, 0.3) is 10.8 Å². The summed E-state index contributed by atoms with van der Waals surface area (Å²) in [6.45, 7) is 0. The predicted octanol–water partition coefficient (Wildman–Crippen LogP) is 3.58. The van der Waals surface area contributed by atoms with Gasteiger partial charge >= 0.3 is 0 Å².